The number of nitrogens with zero attached hydrogens (tertiary/aromatic N) is 2. The molecule has 0 aliphatic carbocycles. The summed E-state index contributed by atoms with van der Waals surface area (Å²) in [6.07, 6.45) is 0.957. The summed E-state index contributed by atoms with van der Waals surface area (Å²) in [5, 5.41) is 7.84. The van der Waals surface area contributed by atoms with E-state index in [-0.39, 0.29) is 13.2 Å². The third-order valence-electron chi connectivity index (χ3n) is 4.15. The van der Waals surface area contributed by atoms with Crippen LogP contribution in [0.1, 0.15) is 37.6 Å². The summed E-state index contributed by atoms with van der Waals surface area (Å²) in [7, 11) is 0. The number of aromatic nitrogens is 2. The molecule has 1 amide bonds. The predicted octanol–water partition coefficient (Wildman–Crippen LogP) is 4.97. The van der Waals surface area contributed by atoms with Crippen LogP contribution >= 0.6 is 23.2 Å². The monoisotopic (exact) mass is 441 g/mol. The van der Waals surface area contributed by atoms with Crippen molar-refractivity contribution in [3.05, 3.63) is 57.1 Å². The van der Waals surface area contributed by atoms with Gasteiger partial charge in [0, 0.05) is 21.2 Å². The van der Waals surface area contributed by atoms with E-state index in [1.807, 2.05) is 6.07 Å². The molecule has 3 rings (SSSR count). The molecule has 0 atom stereocenters. The summed E-state index contributed by atoms with van der Waals surface area (Å²) < 4.78 is 27.2. The van der Waals surface area contributed by atoms with Crippen LogP contribution in [-0.2, 0) is 22.6 Å². The predicted molar refractivity (Wildman–Crippen MR) is 110 cm³/mol. The van der Waals surface area contributed by atoms with Gasteiger partial charge in [-0.15, -0.1) is 0 Å². The molecular formula is C20H22Cl2FN3O3. The molecule has 2 heterocycles. The Morgan fingerprint density at radius 1 is 1.34 bits per heavy atom. The number of rotatable bonds is 4. The number of carbonyl (C=O) groups excluding carboxylic acids is 1. The topological polar surface area (TPSA) is 65.4 Å². The van der Waals surface area contributed by atoms with Crippen LogP contribution < -0.4 is 5.32 Å². The Labute approximate surface area is 178 Å². The number of fused-ring (bicyclic) bond motifs is 1. The maximum absolute atomic E-state index is 14.9. The highest BCUT2D eigenvalue weighted by molar-refractivity contribution is 6.35. The Bertz CT molecular complexity index is 951. The fourth-order valence-corrected chi connectivity index (χ4v) is 3.39. The van der Waals surface area contributed by atoms with Crippen LogP contribution in [0.3, 0.4) is 0 Å². The third kappa shape index (κ3) is 5.50. The molecule has 2 aromatic rings. The van der Waals surface area contributed by atoms with Crippen molar-refractivity contribution >= 4 is 34.9 Å². The Balaban J connectivity index is 1.83. The van der Waals surface area contributed by atoms with Gasteiger partial charge in [0.1, 0.15) is 11.4 Å². The summed E-state index contributed by atoms with van der Waals surface area (Å²) in [4.78, 5) is 11.8. The Hall–Kier alpha value is -2.09. The summed E-state index contributed by atoms with van der Waals surface area (Å²) >= 11 is 12.2. The van der Waals surface area contributed by atoms with Crippen molar-refractivity contribution in [2.45, 2.75) is 39.5 Å². The second-order valence-electron chi connectivity index (χ2n) is 7.64. The first-order chi connectivity index (χ1) is 13.6. The largest absolute Gasteiger partial charge is 0.444 e. The molecule has 29 heavy (non-hydrogen) atoms. The highest BCUT2D eigenvalue weighted by Crippen LogP contribution is 2.30. The molecule has 0 fully saturated rings. The van der Waals surface area contributed by atoms with E-state index < -0.39 is 17.5 Å². The fourth-order valence-electron chi connectivity index (χ4n) is 2.92. The minimum atomic E-state index is -0.688. The van der Waals surface area contributed by atoms with Gasteiger partial charge in [-0.3, -0.25) is 4.68 Å². The lowest BCUT2D eigenvalue weighted by Gasteiger charge is -2.21. The molecule has 1 aliphatic heterocycles. The van der Waals surface area contributed by atoms with Crippen LogP contribution in [-0.4, -0.2) is 34.6 Å². The molecular weight excluding hydrogens is 420 g/mol. The molecule has 1 N–H and O–H groups in total. The molecule has 0 saturated carbocycles. The van der Waals surface area contributed by atoms with Crippen LogP contribution in [0.5, 0.6) is 0 Å². The maximum atomic E-state index is 14.9. The van der Waals surface area contributed by atoms with Crippen molar-refractivity contribution < 1.29 is 18.7 Å². The summed E-state index contributed by atoms with van der Waals surface area (Å²) in [5.41, 5.74) is 1.88. The van der Waals surface area contributed by atoms with Crippen molar-refractivity contribution in [1.29, 1.82) is 0 Å². The van der Waals surface area contributed by atoms with Crippen LogP contribution in [0.15, 0.2) is 30.2 Å². The lowest BCUT2D eigenvalue weighted by Crippen LogP contribution is -2.33. The quantitative estimate of drug-likeness (QED) is 0.726. The number of amides is 1. The Morgan fingerprint density at radius 3 is 2.79 bits per heavy atom. The molecule has 0 unspecified atom stereocenters. The van der Waals surface area contributed by atoms with Crippen LogP contribution in [0.25, 0.3) is 5.57 Å². The first-order valence-electron chi connectivity index (χ1n) is 9.05. The van der Waals surface area contributed by atoms with Crippen molar-refractivity contribution in [2.75, 3.05) is 13.2 Å². The van der Waals surface area contributed by atoms with Gasteiger partial charge >= 0.3 is 6.09 Å². The molecule has 0 saturated heterocycles. The Morgan fingerprint density at radius 2 is 2.10 bits per heavy atom. The van der Waals surface area contributed by atoms with Crippen LogP contribution in [0, 0.1) is 0 Å². The average molecular weight is 442 g/mol. The highest BCUT2D eigenvalue weighted by atomic mass is 35.5. The van der Waals surface area contributed by atoms with E-state index in [1.165, 1.54) is 0 Å². The molecule has 156 valence electrons. The first-order valence-corrected chi connectivity index (χ1v) is 9.81. The minimum Gasteiger partial charge on any atom is -0.444 e. The number of hydrogen-bond donors (Lipinski definition) is 1. The van der Waals surface area contributed by atoms with Crippen molar-refractivity contribution in [3.8, 4) is 0 Å². The molecule has 6 nitrogen and oxygen atoms in total. The number of nitrogens with one attached hydrogen (secondary N) is 1. The van der Waals surface area contributed by atoms with Gasteiger partial charge in [-0.05, 0) is 38.5 Å². The van der Waals surface area contributed by atoms with E-state index in [9.17, 15) is 9.18 Å². The maximum Gasteiger partial charge on any atom is 0.408 e. The SMILES string of the molecule is CC(C)(C)OC(=O)NC/C(F)=C1\COCc2cnn(Cc3ccc(Cl)cc3Cl)c21. The summed E-state index contributed by atoms with van der Waals surface area (Å²) in [5.74, 6) is -0.513. The molecule has 0 spiro atoms. The number of halogens is 3. The van der Waals surface area contributed by atoms with Gasteiger partial charge in [0.05, 0.1) is 38.2 Å². The van der Waals surface area contributed by atoms with Gasteiger partial charge in [0.25, 0.3) is 0 Å². The lowest BCUT2D eigenvalue weighted by atomic mass is 10.1. The molecule has 1 aromatic heterocycles. The van der Waals surface area contributed by atoms with Gasteiger partial charge in [-0.1, -0.05) is 29.3 Å². The van der Waals surface area contributed by atoms with Gasteiger partial charge < -0.3 is 14.8 Å². The van der Waals surface area contributed by atoms with E-state index in [0.717, 1.165) is 11.1 Å². The third-order valence-corrected chi connectivity index (χ3v) is 4.74. The number of hydrogen-bond acceptors (Lipinski definition) is 4. The number of ether oxygens (including phenoxy) is 2. The normalized spacial score (nSPS) is 15.7. The van der Waals surface area contributed by atoms with Gasteiger partial charge in [0.15, 0.2) is 0 Å². The van der Waals surface area contributed by atoms with E-state index in [0.29, 0.717) is 34.5 Å². The fraction of sp³-hybridized carbons (Fsp3) is 0.400. The average Bonchev–Trinajstić information content (AvgIpc) is 3.03. The second-order valence-corrected chi connectivity index (χ2v) is 8.49. The van der Waals surface area contributed by atoms with Gasteiger partial charge in [-0.2, -0.15) is 5.10 Å². The molecule has 1 aromatic carbocycles. The number of alkyl carbamates (subject to hydrolysis) is 1. The van der Waals surface area contributed by atoms with Gasteiger partial charge in [0.2, 0.25) is 0 Å². The van der Waals surface area contributed by atoms with Crippen molar-refractivity contribution in [2.24, 2.45) is 0 Å². The molecule has 1 aliphatic rings. The van der Waals surface area contributed by atoms with Crippen molar-refractivity contribution in [1.82, 2.24) is 15.1 Å². The Kier molecular flexibility index (Phi) is 6.51. The standard InChI is InChI=1S/C20H22Cl2FN3O3/c1-20(2,3)29-19(27)24-8-17(23)15-11-28-10-13-7-25-26(18(13)15)9-12-4-5-14(21)6-16(12)22/h4-7H,8-11H2,1-3H3,(H,24,27)/b17-15-. The molecule has 9 heteroatoms. The van der Waals surface area contributed by atoms with E-state index >= 15 is 0 Å². The minimum absolute atomic E-state index is 0.0782. The van der Waals surface area contributed by atoms with E-state index in [2.05, 4.69) is 10.4 Å². The van der Waals surface area contributed by atoms with Crippen LogP contribution in [0.2, 0.25) is 10.0 Å². The smallest absolute Gasteiger partial charge is 0.408 e. The van der Waals surface area contributed by atoms with Crippen LogP contribution in [0.4, 0.5) is 9.18 Å². The zero-order valence-electron chi connectivity index (χ0n) is 16.4. The van der Waals surface area contributed by atoms with E-state index in [4.69, 9.17) is 32.7 Å². The van der Waals surface area contributed by atoms with E-state index in [1.54, 1.807) is 43.8 Å². The zero-order chi connectivity index (χ0) is 21.2. The highest BCUT2D eigenvalue weighted by Gasteiger charge is 2.25. The first kappa shape index (κ1) is 21.6. The van der Waals surface area contributed by atoms with Gasteiger partial charge in [-0.25, -0.2) is 9.18 Å². The number of benzene rings is 1. The summed E-state index contributed by atoms with van der Waals surface area (Å²) in [6.45, 7) is 5.67. The molecule has 0 bridgehead atoms. The number of carbonyl (C=O) groups is 1. The van der Waals surface area contributed by atoms with Crippen molar-refractivity contribution in [3.63, 3.8) is 0 Å². The zero-order valence-corrected chi connectivity index (χ0v) is 17.9. The molecule has 0 radical (unpaired) electrons. The summed E-state index contributed by atoms with van der Waals surface area (Å²) in [6, 6.07) is 5.20. The second kappa shape index (κ2) is 8.73. The lowest BCUT2D eigenvalue weighted by molar-refractivity contribution is 0.0529.